The molecule has 0 unspecified atom stereocenters. The second kappa shape index (κ2) is 7.99. The molecule has 3 N–H and O–H groups in total. The predicted molar refractivity (Wildman–Crippen MR) is 105 cm³/mol. The molecule has 1 saturated carbocycles. The number of nitrogens with zero attached hydrogens (tertiary/aromatic N) is 1. The highest BCUT2D eigenvalue weighted by atomic mass is 35.5. The minimum absolute atomic E-state index is 0. The molecule has 1 aromatic heterocycles. The number of carbonyl (C=O) groups is 1. The Bertz CT molecular complexity index is 784. The second-order valence-electron chi connectivity index (χ2n) is 7.14. The summed E-state index contributed by atoms with van der Waals surface area (Å²) in [5, 5.41) is 14.5. The Hall–Kier alpha value is -1.56. The number of carbonyl (C=O) groups excluding carboxylic acids is 1. The average Bonchev–Trinajstić information content (AvgIpc) is 3.28. The van der Waals surface area contributed by atoms with E-state index < -0.39 is 0 Å². The first-order chi connectivity index (χ1) is 12.2. The van der Waals surface area contributed by atoms with E-state index in [-0.39, 0.29) is 23.7 Å². The number of hydrogen-bond acceptors (Lipinski definition) is 3. The van der Waals surface area contributed by atoms with Crippen molar-refractivity contribution in [3.05, 3.63) is 51.8 Å². The molecule has 1 aliphatic heterocycles. The molecule has 0 atom stereocenters. The van der Waals surface area contributed by atoms with Crippen LogP contribution < -0.4 is 10.6 Å². The maximum absolute atomic E-state index is 12.7. The fourth-order valence-electron chi connectivity index (χ4n) is 4.18. The molecule has 5 nitrogen and oxygen atoms in total. The number of rotatable bonds is 4. The van der Waals surface area contributed by atoms with Crippen LogP contribution in [0.4, 0.5) is 0 Å². The molecule has 2 aromatic rings. The number of H-pyrrole nitrogens is 1. The molecule has 2 heterocycles. The first kappa shape index (κ1) is 19.2. The van der Waals surface area contributed by atoms with E-state index in [2.05, 4.69) is 26.9 Å². The lowest BCUT2D eigenvalue weighted by Gasteiger charge is -2.30. The second-order valence-corrected chi connectivity index (χ2v) is 7.57. The summed E-state index contributed by atoms with van der Waals surface area (Å²) in [6.07, 6.45) is 5.41. The zero-order chi connectivity index (χ0) is 17.3. The Labute approximate surface area is 164 Å². The number of benzene rings is 1. The predicted octanol–water partition coefficient (Wildman–Crippen LogP) is 3.37. The van der Waals surface area contributed by atoms with E-state index in [4.69, 9.17) is 11.6 Å². The summed E-state index contributed by atoms with van der Waals surface area (Å²) in [5.74, 6) is -0.0884. The van der Waals surface area contributed by atoms with Crippen molar-refractivity contribution in [2.24, 2.45) is 0 Å². The molecular formula is C19H24Cl2N4O. The number of fused-ring (bicyclic) bond motifs is 1. The molecule has 1 amide bonds. The summed E-state index contributed by atoms with van der Waals surface area (Å²) in [6, 6.07) is 8.06. The number of amides is 1. The van der Waals surface area contributed by atoms with Gasteiger partial charge in [0, 0.05) is 47.8 Å². The largest absolute Gasteiger partial charge is 0.350 e. The Morgan fingerprint density at radius 3 is 2.88 bits per heavy atom. The van der Waals surface area contributed by atoms with E-state index in [1.165, 1.54) is 18.4 Å². The molecule has 0 spiro atoms. The quantitative estimate of drug-likeness (QED) is 0.744. The molecule has 4 rings (SSSR count). The normalized spacial score (nSPS) is 18.0. The van der Waals surface area contributed by atoms with Crippen molar-refractivity contribution in [2.45, 2.75) is 44.1 Å². The van der Waals surface area contributed by atoms with Gasteiger partial charge in [0.1, 0.15) is 0 Å². The third kappa shape index (κ3) is 3.61. The average molecular weight is 395 g/mol. The Kier molecular flexibility index (Phi) is 5.90. The van der Waals surface area contributed by atoms with Gasteiger partial charge in [-0.2, -0.15) is 5.10 Å². The molecule has 140 valence electrons. The SMILES string of the molecule is Cl.O=C(NCC1(c2cccc(Cl)c2)CCCC1)c1n[nH]c2c1CNCC2. The molecule has 1 fully saturated rings. The van der Waals surface area contributed by atoms with Gasteiger partial charge in [-0.3, -0.25) is 9.89 Å². The van der Waals surface area contributed by atoms with E-state index in [1.807, 2.05) is 18.2 Å². The first-order valence-electron chi connectivity index (χ1n) is 8.99. The number of hydrogen-bond donors (Lipinski definition) is 3. The van der Waals surface area contributed by atoms with Crippen molar-refractivity contribution in [1.82, 2.24) is 20.8 Å². The fourth-order valence-corrected chi connectivity index (χ4v) is 4.37. The van der Waals surface area contributed by atoms with Crippen molar-refractivity contribution >= 4 is 29.9 Å². The van der Waals surface area contributed by atoms with E-state index in [9.17, 15) is 4.79 Å². The van der Waals surface area contributed by atoms with Gasteiger partial charge < -0.3 is 10.6 Å². The zero-order valence-corrected chi connectivity index (χ0v) is 16.2. The lowest BCUT2D eigenvalue weighted by atomic mass is 9.79. The van der Waals surface area contributed by atoms with Crippen LogP contribution in [0.1, 0.15) is 53.0 Å². The van der Waals surface area contributed by atoms with E-state index >= 15 is 0 Å². The van der Waals surface area contributed by atoms with E-state index in [0.717, 1.165) is 42.1 Å². The molecule has 0 saturated heterocycles. The van der Waals surface area contributed by atoms with Gasteiger partial charge in [-0.1, -0.05) is 36.6 Å². The minimum Gasteiger partial charge on any atom is -0.350 e. The molecule has 1 aromatic carbocycles. The minimum atomic E-state index is -0.0884. The molecule has 2 aliphatic rings. The lowest BCUT2D eigenvalue weighted by Crippen LogP contribution is -2.39. The molecule has 26 heavy (non-hydrogen) atoms. The van der Waals surface area contributed by atoms with Crippen LogP contribution in [0.2, 0.25) is 5.02 Å². The highest BCUT2D eigenvalue weighted by Crippen LogP contribution is 2.41. The molecular weight excluding hydrogens is 371 g/mol. The van der Waals surface area contributed by atoms with Crippen LogP contribution in [0.15, 0.2) is 24.3 Å². The summed E-state index contributed by atoms with van der Waals surface area (Å²) in [4.78, 5) is 12.7. The smallest absolute Gasteiger partial charge is 0.272 e. The maximum atomic E-state index is 12.7. The first-order valence-corrected chi connectivity index (χ1v) is 9.37. The highest BCUT2D eigenvalue weighted by Gasteiger charge is 2.36. The fraction of sp³-hybridized carbons (Fsp3) is 0.474. The third-order valence-electron chi connectivity index (χ3n) is 5.61. The standard InChI is InChI=1S/C19H23ClN4O.ClH/c20-14-5-3-4-13(10-14)19(7-1-2-8-19)12-22-18(25)17-15-11-21-9-6-16(15)23-24-17;/h3-5,10,21H,1-2,6-9,11-12H2,(H,22,25)(H,23,24);1H. The van der Waals surface area contributed by atoms with Crippen molar-refractivity contribution in [3.63, 3.8) is 0 Å². The molecule has 0 radical (unpaired) electrons. The molecule has 1 aliphatic carbocycles. The topological polar surface area (TPSA) is 69.8 Å². The van der Waals surface area contributed by atoms with Crippen LogP contribution in [0.5, 0.6) is 0 Å². The summed E-state index contributed by atoms with van der Waals surface area (Å²) >= 11 is 6.20. The Balaban J connectivity index is 0.00000196. The number of halogens is 2. The van der Waals surface area contributed by atoms with Crippen LogP contribution in [-0.2, 0) is 18.4 Å². The Morgan fingerprint density at radius 2 is 2.12 bits per heavy atom. The van der Waals surface area contributed by atoms with Crippen molar-refractivity contribution in [1.29, 1.82) is 0 Å². The van der Waals surface area contributed by atoms with Crippen LogP contribution >= 0.6 is 24.0 Å². The molecule has 7 heteroatoms. The van der Waals surface area contributed by atoms with Gasteiger partial charge in [0.2, 0.25) is 0 Å². The highest BCUT2D eigenvalue weighted by molar-refractivity contribution is 6.30. The monoisotopic (exact) mass is 394 g/mol. The van der Waals surface area contributed by atoms with E-state index in [0.29, 0.717) is 18.8 Å². The van der Waals surface area contributed by atoms with Gasteiger partial charge in [0.05, 0.1) is 0 Å². The van der Waals surface area contributed by atoms with Crippen molar-refractivity contribution in [3.8, 4) is 0 Å². The van der Waals surface area contributed by atoms with Crippen LogP contribution in [0.25, 0.3) is 0 Å². The number of nitrogens with one attached hydrogen (secondary N) is 3. The Morgan fingerprint density at radius 1 is 1.31 bits per heavy atom. The summed E-state index contributed by atoms with van der Waals surface area (Å²) < 4.78 is 0. The van der Waals surface area contributed by atoms with Crippen LogP contribution in [0, 0.1) is 0 Å². The van der Waals surface area contributed by atoms with Crippen LogP contribution in [-0.4, -0.2) is 29.2 Å². The molecule has 0 bridgehead atoms. The van der Waals surface area contributed by atoms with Crippen molar-refractivity contribution < 1.29 is 4.79 Å². The van der Waals surface area contributed by atoms with Gasteiger partial charge in [-0.15, -0.1) is 12.4 Å². The van der Waals surface area contributed by atoms with Crippen molar-refractivity contribution in [2.75, 3.05) is 13.1 Å². The summed E-state index contributed by atoms with van der Waals surface area (Å²) in [7, 11) is 0. The van der Waals surface area contributed by atoms with Gasteiger partial charge in [0.25, 0.3) is 5.91 Å². The van der Waals surface area contributed by atoms with Gasteiger partial charge in [-0.25, -0.2) is 0 Å². The summed E-state index contributed by atoms with van der Waals surface area (Å²) in [5.41, 5.74) is 3.82. The summed E-state index contributed by atoms with van der Waals surface area (Å²) in [6.45, 7) is 2.25. The van der Waals surface area contributed by atoms with Gasteiger partial charge in [0.15, 0.2) is 5.69 Å². The van der Waals surface area contributed by atoms with E-state index in [1.54, 1.807) is 0 Å². The van der Waals surface area contributed by atoms with Gasteiger partial charge in [-0.05, 0) is 30.5 Å². The van der Waals surface area contributed by atoms with Crippen LogP contribution in [0.3, 0.4) is 0 Å². The number of aromatic nitrogens is 2. The third-order valence-corrected chi connectivity index (χ3v) is 5.84. The zero-order valence-electron chi connectivity index (χ0n) is 14.6. The van der Waals surface area contributed by atoms with Gasteiger partial charge >= 0.3 is 0 Å². The maximum Gasteiger partial charge on any atom is 0.272 e. The lowest BCUT2D eigenvalue weighted by molar-refractivity contribution is 0.0937. The number of aromatic amines is 1.